The Morgan fingerprint density at radius 1 is 1.10 bits per heavy atom. The molecule has 0 saturated heterocycles. The summed E-state index contributed by atoms with van der Waals surface area (Å²) in [5, 5.41) is 64.6. The summed E-state index contributed by atoms with van der Waals surface area (Å²) < 4.78 is 90.6. The maximum atomic E-state index is 13.5. The molecule has 15 nitrogen and oxygen atoms in total. The van der Waals surface area contributed by atoms with Gasteiger partial charge in [-0.3, -0.25) is 4.84 Å². The van der Waals surface area contributed by atoms with Crippen molar-refractivity contribution in [2.24, 2.45) is 5.90 Å². The Labute approximate surface area is 213 Å². The third-order valence-electron chi connectivity index (χ3n) is 4.15. The molecule has 0 radical (unpaired) electrons. The zero-order chi connectivity index (χ0) is 30.8. The number of esters is 1. The molecule has 0 aliphatic carbocycles. The van der Waals surface area contributed by atoms with Crippen molar-refractivity contribution in [1.82, 2.24) is 5.32 Å². The predicted octanol–water partition coefficient (Wildman–Crippen LogP) is -2.73. The van der Waals surface area contributed by atoms with E-state index in [0.29, 0.717) is 18.7 Å². The molecule has 2 rings (SSSR count). The van der Waals surface area contributed by atoms with Gasteiger partial charge in [0.25, 0.3) is 5.79 Å². The number of benzene rings is 1. The van der Waals surface area contributed by atoms with Crippen molar-refractivity contribution in [2.75, 3.05) is 27.0 Å². The van der Waals surface area contributed by atoms with Gasteiger partial charge in [0.1, 0.15) is 11.5 Å². The van der Waals surface area contributed by atoms with E-state index in [9.17, 15) is 41.4 Å². The number of rotatable bonds is 8. The summed E-state index contributed by atoms with van der Waals surface area (Å²) in [6.07, 6.45) is -13.7. The van der Waals surface area contributed by atoms with Crippen LogP contribution in [0.2, 0.25) is 0 Å². The van der Waals surface area contributed by atoms with Gasteiger partial charge in [-0.05, 0) is 25.3 Å². The van der Waals surface area contributed by atoms with E-state index in [1.807, 2.05) is 0 Å². The van der Waals surface area contributed by atoms with Gasteiger partial charge in [0, 0.05) is 12.1 Å². The minimum absolute atomic E-state index is 0.0105. The molecule has 39 heavy (non-hydrogen) atoms. The van der Waals surface area contributed by atoms with Crippen LogP contribution in [-0.4, -0.2) is 93.4 Å². The number of carbonyl (C=O) groups is 1. The second kappa shape index (κ2) is 14.5. The normalized spacial score (nSPS) is 15.4. The highest BCUT2D eigenvalue weighted by Crippen LogP contribution is 2.46. The van der Waals surface area contributed by atoms with Gasteiger partial charge in [0.2, 0.25) is 12.9 Å². The maximum absolute atomic E-state index is 13.5. The van der Waals surface area contributed by atoms with Crippen LogP contribution in [0.25, 0.3) is 6.08 Å². The van der Waals surface area contributed by atoms with Gasteiger partial charge < -0.3 is 50.2 Å². The van der Waals surface area contributed by atoms with E-state index in [4.69, 9.17) is 25.6 Å². The molecule has 226 valence electrons. The van der Waals surface area contributed by atoms with Gasteiger partial charge in [-0.25, -0.2) is 21.8 Å². The quantitative estimate of drug-likeness (QED) is 0.0638. The molecular weight excluding hydrogens is 564 g/mol. The summed E-state index contributed by atoms with van der Waals surface area (Å²) in [6.45, 7) is -0.0922. The average Bonchev–Trinajstić information content (AvgIpc) is 2.81. The number of quaternary nitrogens is 1. The Hall–Kier alpha value is -2.83. The number of carbonyl (C=O) groups excluding carboxylic acids is 1. The fourth-order valence-corrected chi connectivity index (χ4v) is 2.61. The highest BCUT2D eigenvalue weighted by molar-refractivity contribution is 5.96. The number of hydrogen-bond donors (Lipinski definition) is 10. The molecule has 1 atom stereocenters. The van der Waals surface area contributed by atoms with Gasteiger partial charge in [0.05, 0.1) is 17.7 Å². The smallest absolute Gasteiger partial charge is 0.475 e. The van der Waals surface area contributed by atoms with E-state index < -0.39 is 71.4 Å². The number of hydrogen-bond acceptors (Lipinski definition) is 14. The minimum atomic E-state index is -5.40. The van der Waals surface area contributed by atoms with Gasteiger partial charge in [-0.1, -0.05) is 0 Å². The van der Waals surface area contributed by atoms with E-state index in [1.54, 1.807) is 7.05 Å². The first kappa shape index (κ1) is 36.2. The molecule has 0 fully saturated rings. The van der Waals surface area contributed by atoms with E-state index in [2.05, 4.69) is 36.2 Å². The summed E-state index contributed by atoms with van der Waals surface area (Å²) in [4.78, 5) is 15.8. The zero-order valence-electron chi connectivity index (χ0n) is 19.7. The third kappa shape index (κ3) is 10.3. The lowest BCUT2D eigenvalue weighted by atomic mass is 9.94. The third-order valence-corrected chi connectivity index (χ3v) is 4.15. The molecule has 1 aromatic rings. The fraction of sp³-hybridized carbons (Fsp3) is 0.500. The molecule has 1 aromatic carbocycles. The van der Waals surface area contributed by atoms with Crippen molar-refractivity contribution in [3.8, 4) is 11.5 Å². The Kier molecular flexibility index (Phi) is 13.5. The Bertz CT molecular complexity index is 965. The standard InChI is InChI=1S/C15H13F6NO10.C3H9NO.H4NO/c16-13(17,18)10-7(11(23)29-4-30-22)2-5-1-6(32-15(19,20)21)3-8(9(5)31-10)12(24,25)14(26,27)28;1-4-2-3-5;1-2/h1-3,10,24-28H,4,22H2;4-5H,2-3H2,1H3;2H,1H3/q;;+1. The van der Waals surface area contributed by atoms with Gasteiger partial charge in [-0.15, -0.1) is 13.2 Å². The molecule has 1 unspecified atom stereocenters. The minimum Gasteiger partial charge on any atom is -0.475 e. The van der Waals surface area contributed by atoms with Crippen LogP contribution in [0.4, 0.5) is 26.3 Å². The highest BCUT2D eigenvalue weighted by atomic mass is 19.4. The van der Waals surface area contributed by atoms with Crippen LogP contribution in [0.1, 0.15) is 11.1 Å². The van der Waals surface area contributed by atoms with E-state index >= 15 is 0 Å². The Morgan fingerprint density at radius 3 is 2.05 bits per heavy atom. The number of aliphatic hydroxyl groups excluding tert-OH is 1. The number of nitrogens with one attached hydrogen (secondary N) is 1. The van der Waals surface area contributed by atoms with Crippen LogP contribution in [0, 0.1) is 0 Å². The monoisotopic (exact) mass is 590 g/mol. The average molecular weight is 590 g/mol. The molecular formula is C18H26F6N3O12+. The van der Waals surface area contributed by atoms with Crippen LogP contribution in [0.15, 0.2) is 17.7 Å². The van der Waals surface area contributed by atoms with Crippen molar-refractivity contribution in [3.63, 3.8) is 0 Å². The summed E-state index contributed by atoms with van der Waals surface area (Å²) in [5.74, 6) is -6.32. The number of halogens is 6. The molecule has 0 bridgehead atoms. The summed E-state index contributed by atoms with van der Waals surface area (Å²) in [6, 6.07) is 0.381. The first-order chi connectivity index (χ1) is 17.8. The highest BCUT2D eigenvalue weighted by Gasteiger charge is 2.54. The zero-order valence-corrected chi connectivity index (χ0v) is 19.7. The number of alkyl halides is 6. The molecule has 1 aliphatic heterocycles. The van der Waals surface area contributed by atoms with Gasteiger partial charge in [-0.2, -0.15) is 13.2 Å². The molecule has 1 heterocycles. The lowest BCUT2D eigenvalue weighted by Crippen LogP contribution is -2.52. The van der Waals surface area contributed by atoms with Crippen LogP contribution in [-0.2, 0) is 20.2 Å². The molecule has 21 heteroatoms. The molecule has 0 spiro atoms. The second-order valence-electron chi connectivity index (χ2n) is 6.93. The SMILES string of the molecule is CNCCO.NOCOC(=O)C1=Cc2cc(OC(F)(F)F)cc(C(O)(O)C(O)(O)O)c2OC1C(F)(F)F.[NH3+]O. The number of aliphatic hydroxyl groups is 6. The van der Waals surface area contributed by atoms with Crippen LogP contribution < -0.4 is 26.6 Å². The van der Waals surface area contributed by atoms with Crippen molar-refractivity contribution in [2.45, 2.75) is 30.4 Å². The summed E-state index contributed by atoms with van der Waals surface area (Å²) in [7, 11) is 1.80. The molecule has 0 aromatic heterocycles. The van der Waals surface area contributed by atoms with Crippen molar-refractivity contribution < 1.29 is 91.9 Å². The maximum Gasteiger partial charge on any atom is 0.573 e. The van der Waals surface area contributed by atoms with E-state index in [-0.39, 0.29) is 12.7 Å². The van der Waals surface area contributed by atoms with E-state index in [1.165, 1.54) is 0 Å². The lowest BCUT2D eigenvalue weighted by molar-refractivity contribution is -0.670. The van der Waals surface area contributed by atoms with Crippen molar-refractivity contribution in [3.05, 3.63) is 28.8 Å². The largest absolute Gasteiger partial charge is 0.573 e. The summed E-state index contributed by atoms with van der Waals surface area (Å²) in [5.41, 5.74) is -3.79. The molecule has 13 N–H and O–H groups in total. The van der Waals surface area contributed by atoms with Gasteiger partial charge >= 0.3 is 24.5 Å². The first-order valence-corrected chi connectivity index (χ1v) is 9.87. The lowest BCUT2D eigenvalue weighted by Gasteiger charge is -2.35. The number of nitrogens with two attached hydrogens (primary N) is 1. The Balaban J connectivity index is 0.00000185. The van der Waals surface area contributed by atoms with Crippen molar-refractivity contribution in [1.29, 1.82) is 0 Å². The molecule has 1 aliphatic rings. The van der Waals surface area contributed by atoms with Crippen LogP contribution in [0.5, 0.6) is 11.5 Å². The first-order valence-electron chi connectivity index (χ1n) is 9.87. The van der Waals surface area contributed by atoms with Crippen LogP contribution in [0.3, 0.4) is 0 Å². The predicted molar refractivity (Wildman–Crippen MR) is 109 cm³/mol. The van der Waals surface area contributed by atoms with E-state index in [0.717, 1.165) is 0 Å². The number of ether oxygens (including phenoxy) is 3. The second-order valence-corrected chi connectivity index (χ2v) is 6.93. The van der Waals surface area contributed by atoms with Crippen molar-refractivity contribution >= 4 is 12.0 Å². The number of fused-ring (bicyclic) bond motifs is 1. The molecule has 0 saturated carbocycles. The summed E-state index contributed by atoms with van der Waals surface area (Å²) >= 11 is 0. The topological polar surface area (TPSA) is 261 Å². The number of likely N-dealkylation sites (N-methyl/N-ethyl adjacent to an activating group) is 1. The fourth-order valence-electron chi connectivity index (χ4n) is 2.61. The van der Waals surface area contributed by atoms with Crippen LogP contribution >= 0.6 is 0 Å². The molecule has 0 amide bonds. The van der Waals surface area contributed by atoms with Gasteiger partial charge in [0.15, 0.2) is 0 Å². The Morgan fingerprint density at radius 2 is 1.67 bits per heavy atom.